The number of fused-ring (bicyclic) bond motifs is 1. The molecule has 0 atom stereocenters. The molecule has 0 spiro atoms. The number of piperazine rings is 1. The minimum Gasteiger partial charge on any atom is -0.497 e. The monoisotopic (exact) mass is 488 g/mol. The zero-order valence-corrected chi connectivity index (χ0v) is 20.5. The summed E-state index contributed by atoms with van der Waals surface area (Å²) in [5, 5.41) is 1.65. The quantitative estimate of drug-likeness (QED) is 0.267. The van der Waals surface area contributed by atoms with Crippen molar-refractivity contribution in [1.82, 2.24) is 19.8 Å². The van der Waals surface area contributed by atoms with Crippen LogP contribution in [0.2, 0.25) is 0 Å². The van der Waals surface area contributed by atoms with Gasteiger partial charge in [0.15, 0.2) is 10.9 Å². The topological polar surface area (TPSA) is 71.7 Å². The summed E-state index contributed by atoms with van der Waals surface area (Å²) >= 11 is 1.51. The van der Waals surface area contributed by atoms with Gasteiger partial charge in [0, 0.05) is 61.8 Å². The number of aromatic nitrogens is 2. The molecular formula is C27H28N4O3S. The molecule has 0 N–H and O–H groups in total. The number of furan rings is 1. The smallest absolute Gasteiger partial charge is 0.290 e. The van der Waals surface area contributed by atoms with Gasteiger partial charge in [0.25, 0.3) is 5.91 Å². The average Bonchev–Trinajstić information content (AvgIpc) is 3.30. The van der Waals surface area contributed by atoms with Gasteiger partial charge in [0.05, 0.1) is 7.11 Å². The van der Waals surface area contributed by atoms with E-state index in [9.17, 15) is 4.79 Å². The second kappa shape index (κ2) is 10.9. The number of hydrogen-bond acceptors (Lipinski definition) is 7. The van der Waals surface area contributed by atoms with Crippen molar-refractivity contribution in [3.63, 3.8) is 0 Å². The maximum Gasteiger partial charge on any atom is 0.290 e. The highest BCUT2D eigenvalue weighted by Gasteiger charge is 2.28. The lowest BCUT2D eigenvalue weighted by atomic mass is 10.1. The third kappa shape index (κ3) is 5.49. The predicted molar refractivity (Wildman–Crippen MR) is 137 cm³/mol. The molecule has 7 nitrogen and oxygen atoms in total. The first-order valence-corrected chi connectivity index (χ1v) is 12.7. The highest BCUT2D eigenvalue weighted by Crippen LogP contribution is 2.32. The average molecular weight is 489 g/mol. The molecule has 2 aromatic heterocycles. The molecule has 2 aromatic carbocycles. The van der Waals surface area contributed by atoms with E-state index in [0.29, 0.717) is 29.8 Å². The van der Waals surface area contributed by atoms with E-state index in [0.717, 1.165) is 48.3 Å². The molecule has 1 amide bonds. The van der Waals surface area contributed by atoms with Gasteiger partial charge < -0.3 is 14.1 Å². The summed E-state index contributed by atoms with van der Waals surface area (Å²) in [5.41, 5.74) is 2.93. The number of ether oxygens (including phenoxy) is 1. The van der Waals surface area contributed by atoms with Crippen molar-refractivity contribution in [3.05, 3.63) is 83.9 Å². The SMILES string of the molecule is COc1ccc(CCN2CCN(C(=O)c3oc4ccccc4c3CSc3ncccn3)CC2)cc1. The molecule has 1 fully saturated rings. The van der Waals surface area contributed by atoms with E-state index in [-0.39, 0.29) is 5.91 Å². The standard InChI is InChI=1S/C27H28N4O3S/c1-33-21-9-7-20(8-10-21)11-14-30-15-17-31(18-16-30)26(32)25-23(19-35-27-28-12-4-13-29-27)22-5-2-3-6-24(22)34-25/h2-10,12-13H,11,14-19H2,1H3. The number of methoxy groups -OCH3 is 1. The van der Waals surface area contributed by atoms with Crippen LogP contribution in [0.3, 0.4) is 0 Å². The first-order chi connectivity index (χ1) is 17.2. The fourth-order valence-corrected chi connectivity index (χ4v) is 5.14. The van der Waals surface area contributed by atoms with Crippen molar-refractivity contribution in [2.45, 2.75) is 17.3 Å². The lowest BCUT2D eigenvalue weighted by molar-refractivity contribution is 0.0609. The first-order valence-electron chi connectivity index (χ1n) is 11.8. The lowest BCUT2D eigenvalue weighted by Gasteiger charge is -2.34. The Bertz CT molecular complexity index is 1270. The molecule has 0 radical (unpaired) electrons. The molecule has 1 aliphatic heterocycles. The fraction of sp³-hybridized carbons (Fsp3) is 0.296. The Hall–Kier alpha value is -3.36. The fourth-order valence-electron chi connectivity index (χ4n) is 4.31. The van der Waals surface area contributed by atoms with Gasteiger partial charge in [-0.2, -0.15) is 0 Å². The van der Waals surface area contributed by atoms with E-state index in [2.05, 4.69) is 27.0 Å². The zero-order valence-electron chi connectivity index (χ0n) is 19.7. The Kier molecular flexibility index (Phi) is 7.30. The molecule has 4 aromatic rings. The third-order valence-corrected chi connectivity index (χ3v) is 7.22. The molecular weight excluding hydrogens is 460 g/mol. The van der Waals surface area contributed by atoms with Crippen molar-refractivity contribution in [3.8, 4) is 5.75 Å². The van der Waals surface area contributed by atoms with Gasteiger partial charge in [-0.3, -0.25) is 9.69 Å². The van der Waals surface area contributed by atoms with Crippen LogP contribution in [-0.4, -0.2) is 65.5 Å². The summed E-state index contributed by atoms with van der Waals surface area (Å²) in [6.45, 7) is 4.05. The van der Waals surface area contributed by atoms with Crippen LogP contribution in [0.4, 0.5) is 0 Å². The second-order valence-corrected chi connectivity index (χ2v) is 9.40. The Morgan fingerprint density at radius 1 is 1.00 bits per heavy atom. The number of thioether (sulfide) groups is 1. The van der Waals surface area contributed by atoms with Crippen LogP contribution in [-0.2, 0) is 12.2 Å². The van der Waals surface area contributed by atoms with Crippen molar-refractivity contribution in [2.24, 2.45) is 0 Å². The van der Waals surface area contributed by atoms with Crippen LogP contribution < -0.4 is 4.74 Å². The van der Waals surface area contributed by atoms with Crippen LogP contribution in [0.1, 0.15) is 21.7 Å². The molecule has 0 saturated carbocycles. The molecule has 5 rings (SSSR count). The molecule has 1 saturated heterocycles. The molecule has 0 bridgehead atoms. The molecule has 35 heavy (non-hydrogen) atoms. The summed E-state index contributed by atoms with van der Waals surface area (Å²) < 4.78 is 11.3. The molecule has 1 aliphatic rings. The summed E-state index contributed by atoms with van der Waals surface area (Å²) in [4.78, 5) is 26.4. The van der Waals surface area contributed by atoms with E-state index in [1.165, 1.54) is 17.3 Å². The van der Waals surface area contributed by atoms with Crippen molar-refractivity contribution < 1.29 is 13.9 Å². The zero-order chi connectivity index (χ0) is 24.0. The van der Waals surface area contributed by atoms with Crippen molar-refractivity contribution in [2.75, 3.05) is 39.8 Å². The largest absolute Gasteiger partial charge is 0.497 e. The summed E-state index contributed by atoms with van der Waals surface area (Å²) in [6, 6.07) is 17.8. The lowest BCUT2D eigenvalue weighted by Crippen LogP contribution is -2.49. The van der Waals surface area contributed by atoms with Crippen LogP contribution in [0.25, 0.3) is 11.0 Å². The van der Waals surface area contributed by atoms with E-state index in [1.54, 1.807) is 25.6 Å². The number of carbonyl (C=O) groups is 1. The maximum atomic E-state index is 13.5. The summed E-state index contributed by atoms with van der Waals surface area (Å²) in [5.74, 6) is 1.84. The van der Waals surface area contributed by atoms with Gasteiger partial charge >= 0.3 is 0 Å². The number of benzene rings is 2. The minimum absolute atomic E-state index is 0.0411. The van der Waals surface area contributed by atoms with Gasteiger partial charge in [-0.05, 0) is 36.2 Å². The number of para-hydroxylation sites is 1. The van der Waals surface area contributed by atoms with Gasteiger partial charge in [0.1, 0.15) is 11.3 Å². The number of rotatable bonds is 8. The Labute approximate surface area is 209 Å². The van der Waals surface area contributed by atoms with Gasteiger partial charge in [-0.25, -0.2) is 9.97 Å². The molecule has 0 aliphatic carbocycles. The predicted octanol–water partition coefficient (Wildman–Crippen LogP) is 4.52. The number of carbonyl (C=O) groups excluding carboxylic acids is 1. The molecule has 8 heteroatoms. The Balaban J connectivity index is 1.23. The second-order valence-electron chi connectivity index (χ2n) is 8.46. The van der Waals surface area contributed by atoms with Crippen molar-refractivity contribution in [1.29, 1.82) is 0 Å². The van der Waals surface area contributed by atoms with Gasteiger partial charge in [0.2, 0.25) is 0 Å². The highest BCUT2D eigenvalue weighted by molar-refractivity contribution is 7.98. The molecule has 0 unspecified atom stereocenters. The number of nitrogens with zero attached hydrogens (tertiary/aromatic N) is 4. The van der Waals surface area contributed by atoms with Gasteiger partial charge in [-0.15, -0.1) is 0 Å². The van der Waals surface area contributed by atoms with E-state index < -0.39 is 0 Å². The number of amides is 1. The van der Waals surface area contributed by atoms with Gasteiger partial charge in [-0.1, -0.05) is 42.1 Å². The van der Waals surface area contributed by atoms with Crippen LogP contribution >= 0.6 is 11.8 Å². The van der Waals surface area contributed by atoms with Crippen LogP contribution in [0.15, 0.2) is 76.6 Å². The van der Waals surface area contributed by atoms with Crippen LogP contribution in [0, 0.1) is 0 Å². The van der Waals surface area contributed by atoms with Crippen LogP contribution in [0.5, 0.6) is 5.75 Å². The molecule has 180 valence electrons. The number of hydrogen-bond donors (Lipinski definition) is 0. The highest BCUT2D eigenvalue weighted by atomic mass is 32.2. The summed E-state index contributed by atoms with van der Waals surface area (Å²) in [7, 11) is 1.68. The first kappa shape index (κ1) is 23.4. The van der Waals surface area contributed by atoms with E-state index in [4.69, 9.17) is 9.15 Å². The molecule has 3 heterocycles. The summed E-state index contributed by atoms with van der Waals surface area (Å²) in [6.07, 6.45) is 4.43. The van der Waals surface area contributed by atoms with E-state index in [1.807, 2.05) is 41.3 Å². The normalized spacial score (nSPS) is 14.4. The Morgan fingerprint density at radius 2 is 1.74 bits per heavy atom. The third-order valence-electron chi connectivity index (χ3n) is 6.32. The van der Waals surface area contributed by atoms with E-state index >= 15 is 0 Å². The van der Waals surface area contributed by atoms with Crippen molar-refractivity contribution >= 4 is 28.6 Å². The maximum absolute atomic E-state index is 13.5. The minimum atomic E-state index is -0.0411. The Morgan fingerprint density at radius 3 is 2.49 bits per heavy atom.